The molecule has 2 saturated carbocycles. The van der Waals surface area contributed by atoms with Crippen LogP contribution in [0.25, 0.3) is 0 Å². The quantitative estimate of drug-likeness (QED) is 0.720. The summed E-state index contributed by atoms with van der Waals surface area (Å²) in [5.41, 5.74) is 6.40. The molecule has 2 N–H and O–H groups in total. The van der Waals surface area contributed by atoms with Crippen LogP contribution in [0.4, 0.5) is 5.69 Å². The van der Waals surface area contributed by atoms with Crippen LogP contribution in [0.3, 0.4) is 0 Å². The highest BCUT2D eigenvalue weighted by molar-refractivity contribution is 5.92. The Balaban J connectivity index is 1.43. The summed E-state index contributed by atoms with van der Waals surface area (Å²) in [6.07, 6.45) is 4.97. The number of carbonyl (C=O) groups is 2. The van der Waals surface area contributed by atoms with Crippen molar-refractivity contribution < 1.29 is 9.59 Å². The molecule has 3 atom stereocenters. The average Bonchev–Trinajstić information content (AvgIpc) is 3.65. The van der Waals surface area contributed by atoms with Gasteiger partial charge in [0.1, 0.15) is 0 Å². The zero-order valence-corrected chi connectivity index (χ0v) is 19.4. The predicted octanol–water partition coefficient (Wildman–Crippen LogP) is 3.00. The first-order chi connectivity index (χ1) is 15.9. The maximum atomic E-state index is 13.6. The molecule has 33 heavy (non-hydrogen) atoms. The van der Waals surface area contributed by atoms with Crippen molar-refractivity contribution in [3.8, 4) is 12.1 Å². The lowest BCUT2D eigenvalue weighted by atomic mass is 9.57. The molecule has 174 valence electrons. The first kappa shape index (κ1) is 23.1. The standard InChI is InChI=1S/C26H33N5O2/c1-19(17-27)16-20-5-7-21(8-6-20)30-12-14-31(15-13-30)23(32)22-4-2-3-9-26(22,24(29)33)25(18-28)10-11-25/h5-8,19,22H,2-4,9-16H2,1H3,(H2,29,33). The van der Waals surface area contributed by atoms with E-state index in [9.17, 15) is 14.9 Å². The van der Waals surface area contributed by atoms with E-state index in [1.165, 1.54) is 0 Å². The molecule has 0 spiro atoms. The van der Waals surface area contributed by atoms with Crippen LogP contribution in [0.15, 0.2) is 24.3 Å². The van der Waals surface area contributed by atoms with Gasteiger partial charge in [0.15, 0.2) is 0 Å². The molecule has 1 aromatic carbocycles. The summed E-state index contributed by atoms with van der Waals surface area (Å²) in [6, 6.07) is 13.0. The van der Waals surface area contributed by atoms with Crippen molar-refractivity contribution in [2.45, 2.75) is 51.9 Å². The molecule has 1 aliphatic heterocycles. The second-order valence-corrected chi connectivity index (χ2v) is 10.0. The van der Waals surface area contributed by atoms with Gasteiger partial charge in [0.2, 0.25) is 11.8 Å². The number of primary amides is 1. The number of amides is 2. The number of nitrogens with two attached hydrogens (primary N) is 1. The second-order valence-electron chi connectivity index (χ2n) is 10.0. The van der Waals surface area contributed by atoms with Gasteiger partial charge in [-0.15, -0.1) is 0 Å². The molecule has 7 heteroatoms. The van der Waals surface area contributed by atoms with E-state index < -0.39 is 22.7 Å². The maximum Gasteiger partial charge on any atom is 0.226 e. The van der Waals surface area contributed by atoms with Gasteiger partial charge in [-0.25, -0.2) is 0 Å². The Kier molecular flexibility index (Phi) is 6.34. The van der Waals surface area contributed by atoms with E-state index in [1.54, 1.807) is 0 Å². The van der Waals surface area contributed by atoms with Gasteiger partial charge in [0.05, 0.1) is 28.9 Å². The van der Waals surface area contributed by atoms with Crippen LogP contribution in [-0.2, 0) is 16.0 Å². The Morgan fingerprint density at radius 2 is 1.76 bits per heavy atom. The fourth-order valence-electron chi connectivity index (χ4n) is 6.04. The minimum absolute atomic E-state index is 0.00415. The molecule has 2 aliphatic carbocycles. The number of hydrogen-bond donors (Lipinski definition) is 1. The molecule has 0 bridgehead atoms. The van der Waals surface area contributed by atoms with E-state index in [-0.39, 0.29) is 11.8 Å². The van der Waals surface area contributed by atoms with Crippen LogP contribution in [0.1, 0.15) is 51.0 Å². The highest BCUT2D eigenvalue weighted by Crippen LogP contribution is 2.65. The third-order valence-electron chi connectivity index (χ3n) is 8.12. The van der Waals surface area contributed by atoms with Crippen molar-refractivity contribution in [3.05, 3.63) is 29.8 Å². The largest absolute Gasteiger partial charge is 0.369 e. The molecule has 1 aromatic rings. The van der Waals surface area contributed by atoms with Crippen molar-refractivity contribution >= 4 is 17.5 Å². The molecule has 4 rings (SSSR count). The number of piperazine rings is 1. The summed E-state index contributed by atoms with van der Waals surface area (Å²) in [6.45, 7) is 4.55. The van der Waals surface area contributed by atoms with Gasteiger partial charge in [0.25, 0.3) is 0 Å². The Morgan fingerprint density at radius 3 is 2.30 bits per heavy atom. The smallest absolute Gasteiger partial charge is 0.226 e. The van der Waals surface area contributed by atoms with Crippen LogP contribution < -0.4 is 10.6 Å². The van der Waals surface area contributed by atoms with Gasteiger partial charge in [0, 0.05) is 37.8 Å². The number of anilines is 1. The van der Waals surface area contributed by atoms with Gasteiger partial charge in [-0.3, -0.25) is 9.59 Å². The second kappa shape index (κ2) is 9.06. The zero-order valence-electron chi connectivity index (χ0n) is 19.4. The average molecular weight is 448 g/mol. The van der Waals surface area contributed by atoms with Crippen LogP contribution in [0.5, 0.6) is 0 Å². The number of nitriles is 2. The molecule has 1 saturated heterocycles. The van der Waals surface area contributed by atoms with E-state index in [2.05, 4.69) is 41.3 Å². The summed E-state index contributed by atoms with van der Waals surface area (Å²) in [4.78, 5) is 30.5. The van der Waals surface area contributed by atoms with Gasteiger partial charge in [-0.1, -0.05) is 25.0 Å². The normalized spacial score (nSPS) is 27.2. The molecule has 1 heterocycles. The molecular weight excluding hydrogens is 414 g/mol. The van der Waals surface area contributed by atoms with Crippen molar-refractivity contribution in [1.82, 2.24) is 4.90 Å². The minimum atomic E-state index is -1.02. The summed E-state index contributed by atoms with van der Waals surface area (Å²) >= 11 is 0. The summed E-state index contributed by atoms with van der Waals surface area (Å²) < 4.78 is 0. The molecule has 7 nitrogen and oxygen atoms in total. The molecule has 3 fully saturated rings. The third-order valence-corrected chi connectivity index (χ3v) is 8.12. The number of nitrogens with zero attached hydrogens (tertiary/aromatic N) is 4. The van der Waals surface area contributed by atoms with Crippen LogP contribution in [0.2, 0.25) is 0 Å². The van der Waals surface area contributed by atoms with E-state index in [0.717, 1.165) is 43.6 Å². The first-order valence-electron chi connectivity index (χ1n) is 12.1. The van der Waals surface area contributed by atoms with Gasteiger partial charge < -0.3 is 15.5 Å². The maximum absolute atomic E-state index is 13.6. The van der Waals surface area contributed by atoms with Gasteiger partial charge >= 0.3 is 0 Å². The van der Waals surface area contributed by atoms with Crippen molar-refractivity contribution in [1.29, 1.82) is 10.5 Å². The Hall–Kier alpha value is -3.06. The highest BCUT2D eigenvalue weighted by Gasteiger charge is 2.68. The lowest BCUT2D eigenvalue weighted by Gasteiger charge is -2.47. The number of benzene rings is 1. The molecule has 2 amide bonds. The van der Waals surface area contributed by atoms with E-state index in [4.69, 9.17) is 11.0 Å². The first-order valence-corrected chi connectivity index (χ1v) is 12.1. The Labute approximate surface area is 196 Å². The van der Waals surface area contributed by atoms with E-state index >= 15 is 0 Å². The van der Waals surface area contributed by atoms with Crippen LogP contribution >= 0.6 is 0 Å². The minimum Gasteiger partial charge on any atom is -0.369 e. The zero-order chi connectivity index (χ0) is 23.6. The lowest BCUT2D eigenvalue weighted by Crippen LogP contribution is -2.58. The highest BCUT2D eigenvalue weighted by atomic mass is 16.2. The fourth-order valence-corrected chi connectivity index (χ4v) is 6.04. The van der Waals surface area contributed by atoms with Crippen LogP contribution in [0, 0.1) is 45.3 Å². The summed E-state index contributed by atoms with van der Waals surface area (Å²) in [5, 5.41) is 18.9. The predicted molar refractivity (Wildman–Crippen MR) is 125 cm³/mol. The van der Waals surface area contributed by atoms with Crippen LogP contribution in [-0.4, -0.2) is 42.9 Å². The SMILES string of the molecule is CC(C#N)Cc1ccc(N2CCN(C(=O)C3CCCCC3(C(N)=O)C3(C#N)CC3)CC2)cc1. The third kappa shape index (κ3) is 4.06. The monoisotopic (exact) mass is 447 g/mol. The number of hydrogen-bond acceptors (Lipinski definition) is 5. The van der Waals surface area contributed by atoms with Gasteiger partial charge in [-0.2, -0.15) is 10.5 Å². The van der Waals surface area contributed by atoms with Crippen molar-refractivity contribution in [2.75, 3.05) is 31.1 Å². The molecule has 3 unspecified atom stereocenters. The van der Waals surface area contributed by atoms with Crippen molar-refractivity contribution in [3.63, 3.8) is 0 Å². The molecule has 0 radical (unpaired) electrons. The number of carbonyl (C=O) groups excluding carboxylic acids is 2. The lowest BCUT2D eigenvalue weighted by molar-refractivity contribution is -0.154. The van der Waals surface area contributed by atoms with Crippen molar-refractivity contribution in [2.24, 2.45) is 28.4 Å². The van der Waals surface area contributed by atoms with E-state index in [0.29, 0.717) is 38.8 Å². The summed E-state index contributed by atoms with van der Waals surface area (Å²) in [5.74, 6) is -0.966. The Morgan fingerprint density at radius 1 is 1.09 bits per heavy atom. The Bertz CT molecular complexity index is 979. The summed E-state index contributed by atoms with van der Waals surface area (Å²) in [7, 11) is 0. The topological polar surface area (TPSA) is 114 Å². The molecule has 0 aromatic heterocycles. The molecular formula is C26H33N5O2. The van der Waals surface area contributed by atoms with E-state index in [1.807, 2.05) is 11.8 Å². The molecule has 3 aliphatic rings. The fraction of sp³-hybridized carbons (Fsp3) is 0.615. The number of rotatable bonds is 6. The van der Waals surface area contributed by atoms with Gasteiger partial charge in [-0.05, 0) is 56.7 Å².